The van der Waals surface area contributed by atoms with Gasteiger partial charge in [-0.15, -0.1) is 0 Å². The van der Waals surface area contributed by atoms with E-state index < -0.39 is 0 Å². The number of pyridine rings is 1. The van der Waals surface area contributed by atoms with E-state index in [0.717, 1.165) is 16.5 Å². The van der Waals surface area contributed by atoms with Gasteiger partial charge in [-0.25, -0.2) is 4.98 Å². The van der Waals surface area contributed by atoms with E-state index in [2.05, 4.69) is 15.1 Å². The third kappa shape index (κ3) is 2.92. The van der Waals surface area contributed by atoms with Gasteiger partial charge < -0.3 is 9.63 Å². The van der Waals surface area contributed by atoms with Crippen molar-refractivity contribution in [3.8, 4) is 11.5 Å². The molecule has 1 aromatic carbocycles. The zero-order chi connectivity index (χ0) is 14.8. The Labute approximate surface area is 122 Å². The summed E-state index contributed by atoms with van der Waals surface area (Å²) in [5, 5.41) is 14.4. The number of aryl methyl sites for hydroxylation is 2. The number of nitrogens with zero attached hydrogens (tertiary/aromatic N) is 3. The molecule has 0 fully saturated rings. The van der Waals surface area contributed by atoms with Gasteiger partial charge in [-0.3, -0.25) is 0 Å². The highest BCUT2D eigenvalue weighted by atomic mass is 16.5. The van der Waals surface area contributed by atoms with Gasteiger partial charge in [0.2, 0.25) is 11.7 Å². The van der Waals surface area contributed by atoms with E-state index >= 15 is 0 Å². The van der Waals surface area contributed by atoms with Gasteiger partial charge in [0.25, 0.3) is 0 Å². The average Bonchev–Trinajstić information content (AvgIpc) is 2.94. The van der Waals surface area contributed by atoms with Crippen LogP contribution in [-0.4, -0.2) is 26.3 Å². The van der Waals surface area contributed by atoms with Crippen LogP contribution in [0.2, 0.25) is 0 Å². The van der Waals surface area contributed by atoms with E-state index in [0.29, 0.717) is 30.3 Å². The second-order valence-electron chi connectivity index (χ2n) is 5.24. The van der Waals surface area contributed by atoms with Gasteiger partial charge in [0.05, 0.1) is 11.6 Å². The monoisotopic (exact) mass is 283 g/mol. The first-order valence-corrected chi connectivity index (χ1v) is 7.01. The lowest BCUT2D eigenvalue weighted by Gasteiger charge is -2.03. The van der Waals surface area contributed by atoms with Gasteiger partial charge in [-0.1, -0.05) is 23.4 Å². The van der Waals surface area contributed by atoms with Crippen molar-refractivity contribution in [2.75, 3.05) is 0 Å². The molecule has 0 aliphatic carbocycles. The van der Waals surface area contributed by atoms with Crippen molar-refractivity contribution in [1.29, 1.82) is 0 Å². The molecular weight excluding hydrogens is 266 g/mol. The van der Waals surface area contributed by atoms with Crippen LogP contribution in [0, 0.1) is 6.92 Å². The zero-order valence-electron chi connectivity index (χ0n) is 12.1. The quantitative estimate of drug-likeness (QED) is 0.797. The van der Waals surface area contributed by atoms with Crippen LogP contribution < -0.4 is 0 Å². The van der Waals surface area contributed by atoms with Crippen LogP contribution in [0.4, 0.5) is 0 Å². The van der Waals surface area contributed by atoms with Gasteiger partial charge >= 0.3 is 0 Å². The van der Waals surface area contributed by atoms with Crippen molar-refractivity contribution in [1.82, 2.24) is 15.1 Å². The van der Waals surface area contributed by atoms with E-state index in [-0.39, 0.29) is 6.10 Å². The molecule has 5 nitrogen and oxygen atoms in total. The maximum Gasteiger partial charge on any atom is 0.227 e. The molecule has 1 N–H and O–H groups in total. The first-order valence-electron chi connectivity index (χ1n) is 7.01. The van der Waals surface area contributed by atoms with Crippen LogP contribution in [0.5, 0.6) is 0 Å². The molecule has 21 heavy (non-hydrogen) atoms. The second-order valence-corrected chi connectivity index (χ2v) is 5.24. The van der Waals surface area contributed by atoms with Gasteiger partial charge in [0.1, 0.15) is 5.69 Å². The van der Waals surface area contributed by atoms with E-state index in [9.17, 15) is 5.11 Å². The first-order chi connectivity index (χ1) is 10.1. The Morgan fingerprint density at radius 2 is 2.05 bits per heavy atom. The lowest BCUT2D eigenvalue weighted by atomic mass is 10.1. The van der Waals surface area contributed by atoms with Crippen molar-refractivity contribution >= 4 is 10.9 Å². The third-order valence-electron chi connectivity index (χ3n) is 3.40. The SMILES string of the molecule is Cc1cc(-c2noc(CCC(C)O)n2)nc2ccccc12. The van der Waals surface area contributed by atoms with E-state index in [1.54, 1.807) is 6.92 Å². The summed E-state index contributed by atoms with van der Waals surface area (Å²) < 4.78 is 5.21. The predicted octanol–water partition coefficient (Wildman–Crippen LogP) is 2.91. The summed E-state index contributed by atoms with van der Waals surface area (Å²) >= 11 is 0. The minimum atomic E-state index is -0.374. The number of aliphatic hydroxyl groups excluding tert-OH is 1. The van der Waals surface area contributed by atoms with Gasteiger partial charge in [0, 0.05) is 11.8 Å². The molecule has 0 aliphatic rings. The van der Waals surface area contributed by atoms with Crippen LogP contribution in [0.15, 0.2) is 34.9 Å². The van der Waals surface area contributed by atoms with Crippen molar-refractivity contribution in [3.05, 3.63) is 41.8 Å². The van der Waals surface area contributed by atoms with Crippen LogP contribution in [-0.2, 0) is 6.42 Å². The normalized spacial score (nSPS) is 12.7. The fourth-order valence-electron chi connectivity index (χ4n) is 2.26. The van der Waals surface area contributed by atoms with Crippen LogP contribution >= 0.6 is 0 Å². The summed E-state index contributed by atoms with van der Waals surface area (Å²) in [6.45, 7) is 3.79. The Bertz CT molecular complexity index is 765. The van der Waals surface area contributed by atoms with E-state index in [1.807, 2.05) is 37.3 Å². The summed E-state index contributed by atoms with van der Waals surface area (Å²) in [6, 6.07) is 9.94. The summed E-state index contributed by atoms with van der Waals surface area (Å²) in [6.07, 6.45) is 0.796. The van der Waals surface area contributed by atoms with Gasteiger partial charge in [-0.05, 0) is 38.0 Å². The topological polar surface area (TPSA) is 72.0 Å². The molecule has 2 aromatic heterocycles. The molecule has 0 aliphatic heterocycles. The highest BCUT2D eigenvalue weighted by Crippen LogP contribution is 2.22. The fraction of sp³-hybridized carbons (Fsp3) is 0.312. The van der Waals surface area contributed by atoms with Crippen molar-refractivity contribution < 1.29 is 9.63 Å². The summed E-state index contributed by atoms with van der Waals surface area (Å²) in [5.74, 6) is 1.02. The molecule has 1 atom stereocenters. The fourth-order valence-corrected chi connectivity index (χ4v) is 2.26. The molecule has 0 amide bonds. The largest absolute Gasteiger partial charge is 0.393 e. The molecule has 3 aromatic rings. The van der Waals surface area contributed by atoms with Gasteiger partial charge in [0.15, 0.2) is 0 Å². The Balaban J connectivity index is 1.93. The maximum atomic E-state index is 9.29. The Kier molecular flexibility index (Phi) is 3.66. The molecule has 3 rings (SSSR count). The molecular formula is C16H17N3O2. The minimum Gasteiger partial charge on any atom is -0.393 e. The highest BCUT2D eigenvalue weighted by molar-refractivity contribution is 5.84. The molecule has 0 bridgehead atoms. The summed E-state index contributed by atoms with van der Waals surface area (Å²) in [5.41, 5.74) is 2.76. The average molecular weight is 283 g/mol. The number of benzene rings is 1. The number of para-hydroxylation sites is 1. The van der Waals surface area contributed by atoms with Crippen molar-refractivity contribution in [3.63, 3.8) is 0 Å². The number of hydrogen-bond donors (Lipinski definition) is 1. The zero-order valence-corrected chi connectivity index (χ0v) is 12.1. The molecule has 0 saturated carbocycles. The Morgan fingerprint density at radius 1 is 1.24 bits per heavy atom. The molecule has 0 spiro atoms. The molecule has 2 heterocycles. The molecule has 5 heteroatoms. The van der Waals surface area contributed by atoms with Gasteiger partial charge in [-0.2, -0.15) is 4.98 Å². The third-order valence-corrected chi connectivity index (χ3v) is 3.40. The number of aliphatic hydroxyl groups is 1. The minimum absolute atomic E-state index is 0.374. The number of rotatable bonds is 4. The van der Waals surface area contributed by atoms with E-state index in [4.69, 9.17) is 4.52 Å². The van der Waals surface area contributed by atoms with Crippen LogP contribution in [0.1, 0.15) is 24.8 Å². The lowest BCUT2D eigenvalue weighted by Crippen LogP contribution is -2.01. The van der Waals surface area contributed by atoms with Crippen molar-refractivity contribution in [2.45, 2.75) is 32.8 Å². The molecule has 1 unspecified atom stereocenters. The molecule has 0 saturated heterocycles. The number of hydrogen-bond acceptors (Lipinski definition) is 5. The Hall–Kier alpha value is -2.27. The smallest absolute Gasteiger partial charge is 0.227 e. The number of fused-ring (bicyclic) bond motifs is 1. The molecule has 108 valence electrons. The summed E-state index contributed by atoms with van der Waals surface area (Å²) in [7, 11) is 0. The number of aromatic nitrogens is 3. The summed E-state index contributed by atoms with van der Waals surface area (Å²) in [4.78, 5) is 8.93. The Morgan fingerprint density at radius 3 is 2.86 bits per heavy atom. The maximum absolute atomic E-state index is 9.29. The van der Waals surface area contributed by atoms with Crippen molar-refractivity contribution in [2.24, 2.45) is 0 Å². The van der Waals surface area contributed by atoms with Crippen LogP contribution in [0.25, 0.3) is 22.4 Å². The predicted molar refractivity (Wildman–Crippen MR) is 79.8 cm³/mol. The molecule has 0 radical (unpaired) electrons. The second kappa shape index (κ2) is 5.61. The standard InChI is InChI=1S/C16H17N3O2/c1-10-9-14(17-13-6-4-3-5-12(10)13)16-18-15(21-19-16)8-7-11(2)20/h3-6,9,11,20H,7-8H2,1-2H3. The van der Waals surface area contributed by atoms with E-state index in [1.165, 1.54) is 0 Å². The highest BCUT2D eigenvalue weighted by Gasteiger charge is 2.12. The first kappa shape index (κ1) is 13.7. The lowest BCUT2D eigenvalue weighted by molar-refractivity contribution is 0.180. The van der Waals surface area contributed by atoms with Crippen LogP contribution in [0.3, 0.4) is 0 Å².